The van der Waals surface area contributed by atoms with Crippen molar-refractivity contribution < 1.29 is 27.1 Å². The number of aromatic nitrogens is 3. The van der Waals surface area contributed by atoms with Crippen molar-refractivity contribution in [3.05, 3.63) is 71.6 Å². The second-order valence-corrected chi connectivity index (χ2v) is 8.93. The van der Waals surface area contributed by atoms with Crippen LogP contribution in [0.1, 0.15) is 40.9 Å². The van der Waals surface area contributed by atoms with Crippen molar-refractivity contribution >= 4 is 5.91 Å². The van der Waals surface area contributed by atoms with Gasteiger partial charge in [0.25, 0.3) is 5.91 Å². The fourth-order valence-corrected chi connectivity index (χ4v) is 4.99. The fourth-order valence-electron chi connectivity index (χ4n) is 4.99. The Morgan fingerprint density at radius 3 is 2.60 bits per heavy atom. The summed E-state index contributed by atoms with van der Waals surface area (Å²) in [5.74, 6) is -0.652. The smallest absolute Gasteiger partial charge is 0.417 e. The van der Waals surface area contributed by atoms with Crippen LogP contribution in [0, 0.1) is 18.7 Å². The maximum Gasteiger partial charge on any atom is 0.417 e. The molecule has 6 nitrogen and oxygen atoms in total. The number of hydrogen-bond donors (Lipinski definition) is 0. The van der Waals surface area contributed by atoms with Crippen LogP contribution in [0.15, 0.2) is 48.9 Å². The molecule has 3 aliphatic rings. The summed E-state index contributed by atoms with van der Waals surface area (Å²) in [6.07, 6.45) is 1.07. The minimum Gasteiger partial charge on any atom is -0.472 e. The zero-order valence-electron chi connectivity index (χ0n) is 18.8. The molecule has 0 aromatic carbocycles. The van der Waals surface area contributed by atoms with Gasteiger partial charge in [-0.15, -0.1) is 0 Å². The van der Waals surface area contributed by atoms with Crippen LogP contribution < -0.4 is 4.74 Å². The lowest BCUT2D eigenvalue weighted by atomic mass is 9.77. The quantitative estimate of drug-likeness (QED) is 0.482. The van der Waals surface area contributed by atoms with Crippen LogP contribution in [0.3, 0.4) is 0 Å². The standard InChI is InChI=1S/C25H22F4N4O2/c1-14-8-10-31-23(21(14)22-17(26)3-2-9-30-22)24(34)33-13-15-4-6-18(33)19(11-15)35-20-7-5-16(12-32-20)25(27,28)29/h2-3,5,7-10,12,15,18-19H,4,6,11,13H2,1H3/t15-,18-,19+/m0/s1. The van der Waals surface area contributed by atoms with Gasteiger partial charge in [-0.25, -0.2) is 9.37 Å². The molecule has 2 aliphatic heterocycles. The third-order valence-electron chi connectivity index (χ3n) is 6.67. The summed E-state index contributed by atoms with van der Waals surface area (Å²) < 4.78 is 59.1. The van der Waals surface area contributed by atoms with Crippen LogP contribution in [-0.4, -0.2) is 44.4 Å². The first-order valence-corrected chi connectivity index (χ1v) is 11.3. The molecule has 0 spiro atoms. The number of aryl methyl sites for hydroxylation is 1. The Balaban J connectivity index is 1.42. The molecule has 2 bridgehead atoms. The zero-order valence-corrected chi connectivity index (χ0v) is 18.8. The maximum atomic E-state index is 14.6. The Kier molecular flexibility index (Phi) is 5.90. The van der Waals surface area contributed by atoms with Crippen LogP contribution >= 0.6 is 0 Å². The van der Waals surface area contributed by atoms with Crippen molar-refractivity contribution in [2.45, 2.75) is 44.5 Å². The molecule has 2 saturated heterocycles. The van der Waals surface area contributed by atoms with Crippen molar-refractivity contribution in [3.8, 4) is 17.1 Å². The highest BCUT2D eigenvalue weighted by molar-refractivity contribution is 5.99. The molecule has 3 atom stereocenters. The average molecular weight is 486 g/mol. The fraction of sp³-hybridized carbons (Fsp3) is 0.360. The Labute approximate surface area is 199 Å². The summed E-state index contributed by atoms with van der Waals surface area (Å²) >= 11 is 0. The molecule has 3 aromatic rings. The highest BCUT2D eigenvalue weighted by Crippen LogP contribution is 2.39. The topological polar surface area (TPSA) is 68.2 Å². The zero-order chi connectivity index (χ0) is 24.7. The minimum atomic E-state index is -4.48. The number of carbonyl (C=O) groups excluding carboxylic acids is 1. The van der Waals surface area contributed by atoms with Gasteiger partial charge in [0.2, 0.25) is 5.88 Å². The van der Waals surface area contributed by atoms with Gasteiger partial charge in [-0.3, -0.25) is 14.8 Å². The van der Waals surface area contributed by atoms with E-state index in [-0.39, 0.29) is 35.1 Å². The number of hydrogen-bond acceptors (Lipinski definition) is 5. The molecular weight excluding hydrogens is 464 g/mol. The number of alkyl halides is 3. The van der Waals surface area contributed by atoms with E-state index >= 15 is 0 Å². The van der Waals surface area contributed by atoms with E-state index in [0.717, 1.165) is 18.7 Å². The Morgan fingerprint density at radius 2 is 1.91 bits per heavy atom. The van der Waals surface area contributed by atoms with Gasteiger partial charge in [0.1, 0.15) is 23.3 Å². The number of nitrogens with zero attached hydrogens (tertiary/aromatic N) is 4. The Bertz CT molecular complexity index is 1250. The van der Waals surface area contributed by atoms with Crippen LogP contribution in [0.4, 0.5) is 17.6 Å². The molecule has 35 heavy (non-hydrogen) atoms. The third-order valence-corrected chi connectivity index (χ3v) is 6.67. The molecule has 3 aromatic heterocycles. The first kappa shape index (κ1) is 23.2. The molecule has 5 heterocycles. The third kappa shape index (κ3) is 4.44. The molecule has 1 amide bonds. The highest BCUT2D eigenvalue weighted by atomic mass is 19.4. The molecule has 1 saturated carbocycles. The van der Waals surface area contributed by atoms with E-state index in [1.807, 2.05) is 0 Å². The number of ether oxygens (including phenoxy) is 1. The molecule has 0 radical (unpaired) electrons. The number of fused-ring (bicyclic) bond motifs is 3. The molecular formula is C25H22F4N4O2. The second-order valence-electron chi connectivity index (χ2n) is 8.93. The van der Waals surface area contributed by atoms with Crippen LogP contribution in [-0.2, 0) is 6.18 Å². The largest absolute Gasteiger partial charge is 0.472 e. The van der Waals surface area contributed by atoms with E-state index in [1.54, 1.807) is 17.9 Å². The van der Waals surface area contributed by atoms with E-state index in [0.29, 0.717) is 30.5 Å². The van der Waals surface area contributed by atoms with Gasteiger partial charge in [-0.2, -0.15) is 13.2 Å². The highest BCUT2D eigenvalue weighted by Gasteiger charge is 2.45. The predicted octanol–water partition coefficient (Wildman–Crippen LogP) is 5.08. The predicted molar refractivity (Wildman–Crippen MR) is 118 cm³/mol. The molecule has 3 fully saturated rings. The summed E-state index contributed by atoms with van der Waals surface area (Å²) in [7, 11) is 0. The average Bonchev–Trinajstić information content (AvgIpc) is 2.84. The van der Waals surface area contributed by atoms with Gasteiger partial charge in [0.05, 0.1) is 11.6 Å². The van der Waals surface area contributed by atoms with Gasteiger partial charge < -0.3 is 9.64 Å². The van der Waals surface area contributed by atoms with E-state index in [1.165, 1.54) is 30.6 Å². The summed E-state index contributed by atoms with van der Waals surface area (Å²) in [4.78, 5) is 27.7. The summed E-state index contributed by atoms with van der Waals surface area (Å²) in [5.41, 5.74) is 0.336. The van der Waals surface area contributed by atoms with E-state index in [4.69, 9.17) is 4.74 Å². The van der Waals surface area contributed by atoms with Crippen LogP contribution in [0.2, 0.25) is 0 Å². The Morgan fingerprint density at radius 1 is 1.09 bits per heavy atom. The van der Waals surface area contributed by atoms with Gasteiger partial charge in [0, 0.05) is 36.8 Å². The number of carbonyl (C=O) groups is 1. The van der Waals surface area contributed by atoms with E-state index in [2.05, 4.69) is 15.0 Å². The summed E-state index contributed by atoms with van der Waals surface area (Å²) in [5, 5.41) is 0. The molecule has 6 rings (SSSR count). The number of pyridine rings is 3. The normalized spacial score (nSPS) is 21.7. The lowest BCUT2D eigenvalue weighted by Gasteiger charge is -2.49. The van der Waals surface area contributed by atoms with Crippen molar-refractivity contribution in [2.24, 2.45) is 5.92 Å². The van der Waals surface area contributed by atoms with Crippen molar-refractivity contribution in [1.29, 1.82) is 0 Å². The van der Waals surface area contributed by atoms with Gasteiger partial charge >= 0.3 is 6.18 Å². The molecule has 10 heteroatoms. The monoisotopic (exact) mass is 486 g/mol. The number of rotatable bonds is 4. The molecule has 182 valence electrons. The number of piperidine rings is 2. The van der Waals surface area contributed by atoms with Gasteiger partial charge in [-0.1, -0.05) is 0 Å². The summed E-state index contributed by atoms with van der Waals surface area (Å²) in [6, 6.07) is 6.28. The maximum absolute atomic E-state index is 14.6. The number of amides is 1. The number of halogens is 4. The van der Waals surface area contributed by atoms with Crippen LogP contribution in [0.25, 0.3) is 11.3 Å². The molecule has 0 unspecified atom stereocenters. The van der Waals surface area contributed by atoms with Gasteiger partial charge in [0.15, 0.2) is 0 Å². The van der Waals surface area contributed by atoms with Crippen LogP contribution in [0.5, 0.6) is 5.88 Å². The second kappa shape index (κ2) is 8.90. The minimum absolute atomic E-state index is 0.0605. The van der Waals surface area contributed by atoms with Crippen molar-refractivity contribution in [3.63, 3.8) is 0 Å². The first-order chi connectivity index (χ1) is 16.7. The van der Waals surface area contributed by atoms with Crippen molar-refractivity contribution in [1.82, 2.24) is 19.9 Å². The van der Waals surface area contributed by atoms with Crippen molar-refractivity contribution in [2.75, 3.05) is 6.54 Å². The molecule has 0 N–H and O–H groups in total. The molecule has 1 aliphatic carbocycles. The lowest BCUT2D eigenvalue weighted by molar-refractivity contribution is -0.137. The van der Waals surface area contributed by atoms with Gasteiger partial charge in [-0.05, 0) is 61.9 Å². The summed E-state index contributed by atoms with van der Waals surface area (Å²) in [6.45, 7) is 2.27. The Hall–Kier alpha value is -3.56. The first-order valence-electron chi connectivity index (χ1n) is 11.3. The van der Waals surface area contributed by atoms with E-state index in [9.17, 15) is 22.4 Å². The van der Waals surface area contributed by atoms with E-state index < -0.39 is 23.7 Å². The SMILES string of the molecule is Cc1ccnc(C(=O)N2C[C@H]3CC[C@H]2[C@H](Oc2ccc(C(F)(F)F)cn2)C3)c1-c1ncccc1F. The lowest BCUT2D eigenvalue weighted by Crippen LogP contribution is -2.59.